The second-order valence-corrected chi connectivity index (χ2v) is 4.91. The van der Waals surface area contributed by atoms with Gasteiger partial charge in [-0.3, -0.25) is 0 Å². The molecule has 0 atom stereocenters. The van der Waals surface area contributed by atoms with E-state index in [1.165, 1.54) is 22.6 Å². The standard InChI is InChI=1S/C14H14FNS/c1-10-4-2-3-5-13(10)17-14-7-6-12(15)8-11(14)9-16/h2-8H,9,16H2,1H3. The summed E-state index contributed by atoms with van der Waals surface area (Å²) in [5.41, 5.74) is 7.69. The normalized spacial score (nSPS) is 10.5. The maximum Gasteiger partial charge on any atom is 0.123 e. The zero-order valence-corrected chi connectivity index (χ0v) is 10.4. The predicted molar refractivity (Wildman–Crippen MR) is 69.6 cm³/mol. The van der Waals surface area contributed by atoms with Gasteiger partial charge in [-0.25, -0.2) is 4.39 Å². The fraction of sp³-hybridized carbons (Fsp3) is 0.143. The first-order valence-corrected chi connectivity index (χ1v) is 6.24. The number of benzene rings is 2. The first-order valence-electron chi connectivity index (χ1n) is 5.42. The molecule has 0 radical (unpaired) electrons. The molecule has 0 amide bonds. The minimum atomic E-state index is -0.236. The van der Waals surface area contributed by atoms with E-state index in [4.69, 9.17) is 5.73 Å². The molecule has 0 saturated carbocycles. The van der Waals surface area contributed by atoms with Crippen LogP contribution in [-0.2, 0) is 6.54 Å². The second-order valence-electron chi connectivity index (χ2n) is 3.82. The Hall–Kier alpha value is -1.32. The average molecular weight is 247 g/mol. The van der Waals surface area contributed by atoms with E-state index < -0.39 is 0 Å². The number of halogens is 1. The van der Waals surface area contributed by atoms with Gasteiger partial charge in [0.05, 0.1) is 0 Å². The SMILES string of the molecule is Cc1ccccc1Sc1ccc(F)cc1CN. The Balaban J connectivity index is 2.33. The molecule has 0 heterocycles. The highest BCUT2D eigenvalue weighted by Gasteiger charge is 2.06. The van der Waals surface area contributed by atoms with Crippen molar-refractivity contribution in [3.63, 3.8) is 0 Å². The zero-order chi connectivity index (χ0) is 12.3. The van der Waals surface area contributed by atoms with Crippen molar-refractivity contribution in [3.8, 4) is 0 Å². The van der Waals surface area contributed by atoms with Crippen molar-refractivity contribution in [3.05, 3.63) is 59.4 Å². The van der Waals surface area contributed by atoms with Crippen molar-refractivity contribution in [2.24, 2.45) is 5.73 Å². The van der Waals surface area contributed by atoms with E-state index in [2.05, 4.69) is 19.1 Å². The summed E-state index contributed by atoms with van der Waals surface area (Å²) in [4.78, 5) is 2.19. The van der Waals surface area contributed by atoms with Gasteiger partial charge in [0.15, 0.2) is 0 Å². The number of nitrogens with two attached hydrogens (primary N) is 1. The third kappa shape index (κ3) is 2.87. The lowest BCUT2D eigenvalue weighted by Crippen LogP contribution is -1.99. The highest BCUT2D eigenvalue weighted by atomic mass is 32.2. The summed E-state index contributed by atoms with van der Waals surface area (Å²) in [5.74, 6) is -0.236. The van der Waals surface area contributed by atoms with Crippen LogP contribution in [-0.4, -0.2) is 0 Å². The lowest BCUT2D eigenvalue weighted by atomic mass is 10.2. The number of rotatable bonds is 3. The van der Waals surface area contributed by atoms with Crippen LogP contribution in [0.4, 0.5) is 4.39 Å². The van der Waals surface area contributed by atoms with Gasteiger partial charge < -0.3 is 5.73 Å². The molecule has 0 spiro atoms. The van der Waals surface area contributed by atoms with E-state index in [1.54, 1.807) is 17.8 Å². The highest BCUT2D eigenvalue weighted by Crippen LogP contribution is 2.32. The molecule has 0 aliphatic carbocycles. The maximum absolute atomic E-state index is 13.1. The minimum absolute atomic E-state index is 0.236. The van der Waals surface area contributed by atoms with Crippen LogP contribution in [0.25, 0.3) is 0 Å². The van der Waals surface area contributed by atoms with Gasteiger partial charge in [-0.1, -0.05) is 30.0 Å². The minimum Gasteiger partial charge on any atom is -0.326 e. The first kappa shape index (κ1) is 12.1. The van der Waals surface area contributed by atoms with Crippen LogP contribution in [0.1, 0.15) is 11.1 Å². The molecule has 2 aromatic carbocycles. The topological polar surface area (TPSA) is 26.0 Å². The van der Waals surface area contributed by atoms with Crippen molar-refractivity contribution >= 4 is 11.8 Å². The number of hydrogen-bond acceptors (Lipinski definition) is 2. The third-order valence-corrected chi connectivity index (χ3v) is 3.85. The van der Waals surface area contributed by atoms with Crippen molar-refractivity contribution in [2.75, 3.05) is 0 Å². The Kier molecular flexibility index (Phi) is 3.82. The molecule has 2 rings (SSSR count). The summed E-state index contributed by atoms with van der Waals surface area (Å²) in [5, 5.41) is 0. The molecule has 2 aromatic rings. The lowest BCUT2D eigenvalue weighted by molar-refractivity contribution is 0.623. The van der Waals surface area contributed by atoms with Crippen molar-refractivity contribution in [2.45, 2.75) is 23.3 Å². The molecule has 0 aromatic heterocycles. The van der Waals surface area contributed by atoms with Crippen LogP contribution in [0.15, 0.2) is 52.3 Å². The molecule has 0 unspecified atom stereocenters. The van der Waals surface area contributed by atoms with E-state index in [-0.39, 0.29) is 5.82 Å². The number of hydrogen-bond donors (Lipinski definition) is 1. The molecule has 0 bridgehead atoms. The van der Waals surface area contributed by atoms with Crippen molar-refractivity contribution < 1.29 is 4.39 Å². The zero-order valence-electron chi connectivity index (χ0n) is 9.61. The van der Waals surface area contributed by atoms with E-state index in [0.29, 0.717) is 6.54 Å². The fourth-order valence-corrected chi connectivity index (χ4v) is 2.62. The maximum atomic E-state index is 13.1. The van der Waals surface area contributed by atoms with Crippen LogP contribution >= 0.6 is 11.8 Å². The van der Waals surface area contributed by atoms with Gasteiger partial charge in [0.25, 0.3) is 0 Å². The summed E-state index contributed by atoms with van der Waals surface area (Å²) < 4.78 is 13.1. The molecular formula is C14H14FNS. The molecule has 3 heteroatoms. The highest BCUT2D eigenvalue weighted by molar-refractivity contribution is 7.99. The molecule has 0 fully saturated rings. The van der Waals surface area contributed by atoms with Gasteiger partial charge in [-0.2, -0.15) is 0 Å². The van der Waals surface area contributed by atoms with Gasteiger partial charge in [0.2, 0.25) is 0 Å². The monoisotopic (exact) mass is 247 g/mol. The lowest BCUT2D eigenvalue weighted by Gasteiger charge is -2.09. The predicted octanol–water partition coefficient (Wildman–Crippen LogP) is 3.74. The van der Waals surface area contributed by atoms with Gasteiger partial charge in [0.1, 0.15) is 5.82 Å². The molecule has 2 N–H and O–H groups in total. The van der Waals surface area contributed by atoms with E-state index in [0.717, 1.165) is 10.5 Å². The fourth-order valence-electron chi connectivity index (χ4n) is 1.60. The van der Waals surface area contributed by atoms with Crippen LogP contribution in [0.3, 0.4) is 0 Å². The Morgan fingerprint density at radius 2 is 1.88 bits per heavy atom. The molecule has 0 saturated heterocycles. The average Bonchev–Trinajstić information content (AvgIpc) is 2.34. The molecule has 1 nitrogen and oxygen atoms in total. The summed E-state index contributed by atoms with van der Waals surface area (Å²) in [6.07, 6.45) is 0. The van der Waals surface area contributed by atoms with Crippen LogP contribution in [0.5, 0.6) is 0 Å². The second kappa shape index (κ2) is 5.34. The first-order chi connectivity index (χ1) is 8.20. The summed E-state index contributed by atoms with van der Waals surface area (Å²) in [7, 11) is 0. The van der Waals surface area contributed by atoms with Crippen molar-refractivity contribution in [1.29, 1.82) is 0 Å². The van der Waals surface area contributed by atoms with Gasteiger partial charge >= 0.3 is 0 Å². The van der Waals surface area contributed by atoms with Crippen LogP contribution in [0, 0.1) is 12.7 Å². The molecule has 88 valence electrons. The molecule has 17 heavy (non-hydrogen) atoms. The van der Waals surface area contributed by atoms with E-state index >= 15 is 0 Å². The van der Waals surface area contributed by atoms with Crippen LogP contribution < -0.4 is 5.73 Å². The Morgan fingerprint density at radius 3 is 2.59 bits per heavy atom. The van der Waals surface area contributed by atoms with E-state index in [1.807, 2.05) is 12.1 Å². The Morgan fingerprint density at radius 1 is 1.12 bits per heavy atom. The quantitative estimate of drug-likeness (QED) is 0.894. The largest absolute Gasteiger partial charge is 0.326 e. The Labute approximate surface area is 105 Å². The summed E-state index contributed by atoms with van der Waals surface area (Å²) in [6, 6.07) is 12.9. The van der Waals surface area contributed by atoms with Gasteiger partial charge in [-0.05, 0) is 42.3 Å². The van der Waals surface area contributed by atoms with Gasteiger partial charge in [0, 0.05) is 16.3 Å². The Bertz CT molecular complexity index is 525. The number of aryl methyl sites for hydroxylation is 1. The summed E-state index contributed by atoms with van der Waals surface area (Å²) in [6.45, 7) is 2.42. The smallest absolute Gasteiger partial charge is 0.123 e. The van der Waals surface area contributed by atoms with Gasteiger partial charge in [-0.15, -0.1) is 0 Å². The molecular weight excluding hydrogens is 233 g/mol. The molecule has 0 aliphatic rings. The summed E-state index contributed by atoms with van der Waals surface area (Å²) >= 11 is 1.63. The van der Waals surface area contributed by atoms with Crippen molar-refractivity contribution in [1.82, 2.24) is 0 Å². The van der Waals surface area contributed by atoms with E-state index in [9.17, 15) is 4.39 Å². The third-order valence-electron chi connectivity index (χ3n) is 2.56. The molecule has 0 aliphatic heterocycles. The van der Waals surface area contributed by atoms with Crippen LogP contribution in [0.2, 0.25) is 0 Å².